The molecule has 1 heterocycles. The largest absolute Gasteiger partial charge is 0.428 e. The first-order chi connectivity index (χ1) is 11.7. The van der Waals surface area contributed by atoms with Crippen molar-refractivity contribution in [2.45, 2.75) is 18.8 Å². The highest BCUT2D eigenvalue weighted by molar-refractivity contribution is 6.30. The van der Waals surface area contributed by atoms with Crippen molar-refractivity contribution in [2.75, 3.05) is 5.32 Å². The molecule has 0 saturated heterocycles. The molecule has 1 N–H and O–H groups in total. The van der Waals surface area contributed by atoms with E-state index in [1.807, 2.05) is 42.5 Å². The lowest BCUT2D eigenvalue weighted by Crippen LogP contribution is -2.30. The third kappa shape index (κ3) is 2.93. The summed E-state index contributed by atoms with van der Waals surface area (Å²) in [5.41, 5.74) is 3.39. The minimum absolute atomic E-state index is 0.0754. The number of halogens is 1. The van der Waals surface area contributed by atoms with Gasteiger partial charge in [0.25, 0.3) is 0 Å². The molecule has 120 valence electrons. The number of nitrogens with one attached hydrogen (secondary N) is 1. The van der Waals surface area contributed by atoms with Gasteiger partial charge in [-0.05, 0) is 35.2 Å². The Labute approximate surface area is 144 Å². The van der Waals surface area contributed by atoms with Crippen LogP contribution >= 0.6 is 11.6 Å². The van der Waals surface area contributed by atoms with E-state index in [9.17, 15) is 4.79 Å². The van der Waals surface area contributed by atoms with E-state index in [-0.39, 0.29) is 17.8 Å². The zero-order chi connectivity index (χ0) is 16.5. The highest BCUT2D eigenvalue weighted by Gasteiger charge is 2.32. The lowest BCUT2D eigenvalue weighted by molar-refractivity contribution is -0.118. The fraction of sp³-hybridized carbons (Fsp3) is 0.158. The van der Waals surface area contributed by atoms with Crippen molar-refractivity contribution >= 4 is 23.5 Å². The standard InChI is InChI=1S/C19H15ClN2O2/c20-14-7-5-12(6-8-14)9-15-11-21-19(24-15)22-18(23)17-10-13-3-1-2-4-16(13)17/h1-8,11,17H,9-10H2,(H,21,22,23). The molecule has 1 amide bonds. The van der Waals surface area contributed by atoms with Gasteiger partial charge in [-0.15, -0.1) is 0 Å². The summed E-state index contributed by atoms with van der Waals surface area (Å²) in [4.78, 5) is 16.5. The summed E-state index contributed by atoms with van der Waals surface area (Å²) in [6.45, 7) is 0. The summed E-state index contributed by atoms with van der Waals surface area (Å²) in [5.74, 6) is 0.503. The normalized spacial score (nSPS) is 15.5. The van der Waals surface area contributed by atoms with Gasteiger partial charge in [-0.1, -0.05) is 48.0 Å². The summed E-state index contributed by atoms with van der Waals surface area (Å²) in [5, 5.41) is 3.46. The highest BCUT2D eigenvalue weighted by Crippen LogP contribution is 2.35. The van der Waals surface area contributed by atoms with Gasteiger partial charge in [-0.25, -0.2) is 4.98 Å². The number of amides is 1. The maximum Gasteiger partial charge on any atom is 0.301 e. The molecule has 3 aromatic rings. The number of carbonyl (C=O) groups is 1. The fourth-order valence-corrected chi connectivity index (χ4v) is 3.06. The van der Waals surface area contributed by atoms with Gasteiger partial charge in [0.2, 0.25) is 5.91 Å². The monoisotopic (exact) mass is 338 g/mol. The van der Waals surface area contributed by atoms with E-state index in [4.69, 9.17) is 16.0 Å². The number of carbonyl (C=O) groups excluding carboxylic acids is 1. The Hall–Kier alpha value is -2.59. The predicted octanol–water partition coefficient (Wildman–Crippen LogP) is 4.20. The molecule has 4 nitrogen and oxygen atoms in total. The van der Waals surface area contributed by atoms with Gasteiger partial charge in [0.15, 0.2) is 0 Å². The lowest BCUT2D eigenvalue weighted by Gasteiger charge is -2.28. The maximum absolute atomic E-state index is 12.3. The Morgan fingerprint density at radius 2 is 2.00 bits per heavy atom. The summed E-state index contributed by atoms with van der Waals surface area (Å²) in [6.07, 6.45) is 3.01. The maximum atomic E-state index is 12.3. The first-order valence-corrected chi connectivity index (χ1v) is 8.14. The number of benzene rings is 2. The molecule has 0 saturated carbocycles. The summed E-state index contributed by atoms with van der Waals surface area (Å²) in [7, 11) is 0. The van der Waals surface area contributed by atoms with Crippen LogP contribution in [0, 0.1) is 0 Å². The number of fused-ring (bicyclic) bond motifs is 1. The molecule has 5 heteroatoms. The quantitative estimate of drug-likeness (QED) is 0.775. The molecule has 24 heavy (non-hydrogen) atoms. The van der Waals surface area contributed by atoms with Crippen molar-refractivity contribution in [2.24, 2.45) is 0 Å². The van der Waals surface area contributed by atoms with E-state index in [1.165, 1.54) is 5.56 Å². The van der Waals surface area contributed by atoms with Crippen LogP contribution in [0.2, 0.25) is 5.02 Å². The Balaban J connectivity index is 1.40. The molecule has 1 aromatic heterocycles. The van der Waals surface area contributed by atoms with Crippen molar-refractivity contribution in [3.8, 4) is 0 Å². The molecule has 0 bridgehead atoms. The number of anilines is 1. The van der Waals surface area contributed by atoms with Crippen molar-refractivity contribution in [1.82, 2.24) is 4.98 Å². The van der Waals surface area contributed by atoms with Crippen LogP contribution in [-0.2, 0) is 17.6 Å². The van der Waals surface area contributed by atoms with E-state index in [1.54, 1.807) is 6.20 Å². The van der Waals surface area contributed by atoms with Crippen LogP contribution in [0.5, 0.6) is 0 Å². The summed E-state index contributed by atoms with van der Waals surface area (Å²) >= 11 is 5.88. The second-order valence-electron chi connectivity index (χ2n) is 5.88. The van der Waals surface area contributed by atoms with Crippen molar-refractivity contribution in [1.29, 1.82) is 0 Å². The fourth-order valence-electron chi connectivity index (χ4n) is 2.94. The number of nitrogens with zero attached hydrogens (tertiary/aromatic N) is 1. The number of oxazole rings is 1. The number of aromatic nitrogens is 1. The van der Waals surface area contributed by atoms with Gasteiger partial charge in [0.05, 0.1) is 12.1 Å². The van der Waals surface area contributed by atoms with Gasteiger partial charge >= 0.3 is 6.01 Å². The molecule has 4 rings (SSSR count). The topological polar surface area (TPSA) is 55.1 Å². The van der Waals surface area contributed by atoms with Crippen molar-refractivity contribution < 1.29 is 9.21 Å². The van der Waals surface area contributed by atoms with Crippen LogP contribution in [0.4, 0.5) is 6.01 Å². The Morgan fingerprint density at radius 1 is 1.21 bits per heavy atom. The molecule has 2 aromatic carbocycles. The van der Waals surface area contributed by atoms with E-state index >= 15 is 0 Å². The number of rotatable bonds is 4. The van der Waals surface area contributed by atoms with Gasteiger partial charge < -0.3 is 4.42 Å². The average molecular weight is 339 g/mol. The molecule has 0 radical (unpaired) electrons. The zero-order valence-corrected chi connectivity index (χ0v) is 13.6. The SMILES string of the molecule is O=C(Nc1ncc(Cc2ccc(Cl)cc2)o1)C1Cc2ccccc21. The van der Waals surface area contributed by atoms with Gasteiger partial charge in [-0.3, -0.25) is 10.1 Å². The highest BCUT2D eigenvalue weighted by atomic mass is 35.5. The minimum atomic E-state index is -0.118. The minimum Gasteiger partial charge on any atom is -0.428 e. The molecular weight excluding hydrogens is 324 g/mol. The average Bonchev–Trinajstić information content (AvgIpc) is 2.98. The van der Waals surface area contributed by atoms with E-state index in [0.717, 1.165) is 17.5 Å². The first kappa shape index (κ1) is 15.0. The van der Waals surface area contributed by atoms with E-state index in [0.29, 0.717) is 17.2 Å². The van der Waals surface area contributed by atoms with Crippen LogP contribution in [-0.4, -0.2) is 10.9 Å². The van der Waals surface area contributed by atoms with Crippen LogP contribution in [0.1, 0.15) is 28.4 Å². The third-order valence-electron chi connectivity index (χ3n) is 4.25. The second-order valence-corrected chi connectivity index (χ2v) is 6.32. The molecular formula is C19H15ClN2O2. The van der Waals surface area contributed by atoms with Crippen molar-refractivity contribution in [3.63, 3.8) is 0 Å². The van der Waals surface area contributed by atoms with Crippen LogP contribution in [0.3, 0.4) is 0 Å². The molecule has 1 atom stereocenters. The van der Waals surface area contributed by atoms with Gasteiger partial charge in [-0.2, -0.15) is 0 Å². The molecule has 0 spiro atoms. The van der Waals surface area contributed by atoms with Crippen LogP contribution in [0.25, 0.3) is 0 Å². The molecule has 1 aliphatic carbocycles. The van der Waals surface area contributed by atoms with Crippen LogP contribution < -0.4 is 5.32 Å². The number of hydrogen-bond acceptors (Lipinski definition) is 3. The van der Waals surface area contributed by atoms with Crippen molar-refractivity contribution in [3.05, 3.63) is 82.2 Å². The third-order valence-corrected chi connectivity index (χ3v) is 4.50. The van der Waals surface area contributed by atoms with Crippen LogP contribution in [0.15, 0.2) is 59.1 Å². The molecule has 1 unspecified atom stereocenters. The smallest absolute Gasteiger partial charge is 0.301 e. The van der Waals surface area contributed by atoms with Gasteiger partial charge in [0, 0.05) is 11.4 Å². The van der Waals surface area contributed by atoms with Gasteiger partial charge in [0.1, 0.15) is 5.76 Å². The van der Waals surface area contributed by atoms with E-state index < -0.39 is 0 Å². The molecule has 0 aliphatic heterocycles. The summed E-state index contributed by atoms with van der Waals surface area (Å²) in [6, 6.07) is 15.8. The summed E-state index contributed by atoms with van der Waals surface area (Å²) < 4.78 is 5.62. The molecule has 1 aliphatic rings. The first-order valence-electron chi connectivity index (χ1n) is 7.77. The number of hydrogen-bond donors (Lipinski definition) is 1. The lowest BCUT2D eigenvalue weighted by atomic mass is 9.77. The second kappa shape index (κ2) is 6.13. The Bertz CT molecular complexity index is 886. The Kier molecular flexibility index (Phi) is 3.82. The van der Waals surface area contributed by atoms with E-state index in [2.05, 4.69) is 16.4 Å². The Morgan fingerprint density at radius 3 is 2.79 bits per heavy atom. The zero-order valence-electron chi connectivity index (χ0n) is 12.8. The molecule has 0 fully saturated rings. The predicted molar refractivity (Wildman–Crippen MR) is 92.3 cm³/mol.